The lowest BCUT2D eigenvalue weighted by atomic mass is 10.2. The van der Waals surface area contributed by atoms with Gasteiger partial charge in [0, 0.05) is 20.7 Å². The zero-order valence-corrected chi connectivity index (χ0v) is 19.1. The first-order valence-electron chi connectivity index (χ1n) is 9.30. The summed E-state index contributed by atoms with van der Waals surface area (Å²) in [5.74, 6) is -2.18. The third-order valence-corrected chi connectivity index (χ3v) is 4.89. The number of esters is 1. The number of amides is 2. The first-order valence-corrected chi connectivity index (χ1v) is 10.5. The third kappa shape index (κ3) is 6.50. The Labute approximate surface area is 197 Å². The highest BCUT2D eigenvalue weighted by Gasteiger charge is 2.14. The number of nitrogens with zero attached hydrogens (tertiary/aromatic N) is 1. The minimum Gasteiger partial charge on any atom is -0.422 e. The van der Waals surface area contributed by atoms with E-state index in [1.807, 2.05) is 19.1 Å². The molecule has 0 aromatic heterocycles. The van der Waals surface area contributed by atoms with E-state index in [0.29, 0.717) is 26.3 Å². The maximum atomic E-state index is 12.4. The number of hydrogen-bond acceptors (Lipinski definition) is 5. The number of ether oxygens (including phenoxy) is 1. The van der Waals surface area contributed by atoms with Gasteiger partial charge >= 0.3 is 17.8 Å². The van der Waals surface area contributed by atoms with Crippen molar-refractivity contribution in [3.05, 3.63) is 92.9 Å². The Hall–Kier alpha value is -3.49. The highest BCUT2D eigenvalue weighted by atomic mass is 79.9. The van der Waals surface area contributed by atoms with E-state index in [1.54, 1.807) is 54.6 Å². The van der Waals surface area contributed by atoms with E-state index < -0.39 is 17.8 Å². The van der Waals surface area contributed by atoms with Crippen LogP contribution < -0.4 is 15.5 Å². The predicted molar refractivity (Wildman–Crippen MR) is 126 cm³/mol. The van der Waals surface area contributed by atoms with Crippen LogP contribution >= 0.6 is 27.5 Å². The molecular weight excluding hydrogens is 498 g/mol. The zero-order chi connectivity index (χ0) is 23.1. The first kappa shape index (κ1) is 23.2. The molecule has 0 heterocycles. The fraction of sp³-hybridized carbons (Fsp3) is 0.0435. The van der Waals surface area contributed by atoms with Crippen molar-refractivity contribution < 1.29 is 19.1 Å². The van der Waals surface area contributed by atoms with Crippen molar-refractivity contribution in [3.63, 3.8) is 0 Å². The number of nitrogens with one attached hydrogen (secondary N) is 2. The molecule has 3 rings (SSSR count). The van der Waals surface area contributed by atoms with Gasteiger partial charge < -0.3 is 10.1 Å². The van der Waals surface area contributed by atoms with Gasteiger partial charge in [0.1, 0.15) is 5.75 Å². The minimum absolute atomic E-state index is 0.218. The number of hydrogen-bond donors (Lipinski definition) is 2. The Morgan fingerprint density at radius 2 is 1.66 bits per heavy atom. The monoisotopic (exact) mass is 513 g/mol. The molecule has 0 bridgehead atoms. The van der Waals surface area contributed by atoms with Crippen LogP contribution in [0.4, 0.5) is 5.69 Å². The van der Waals surface area contributed by atoms with Gasteiger partial charge in [-0.1, -0.05) is 45.2 Å². The van der Waals surface area contributed by atoms with E-state index in [-0.39, 0.29) is 5.75 Å². The second-order valence-corrected chi connectivity index (χ2v) is 7.95. The quantitative estimate of drug-likeness (QED) is 0.169. The number of rotatable bonds is 5. The molecule has 0 atom stereocenters. The lowest BCUT2D eigenvalue weighted by Crippen LogP contribution is -2.32. The van der Waals surface area contributed by atoms with Gasteiger partial charge in [0.05, 0.1) is 11.8 Å². The molecule has 0 fully saturated rings. The summed E-state index contributed by atoms with van der Waals surface area (Å²) in [5, 5.41) is 6.77. The third-order valence-electron chi connectivity index (χ3n) is 4.14. The topological polar surface area (TPSA) is 96.9 Å². The molecule has 162 valence electrons. The first-order chi connectivity index (χ1) is 15.3. The van der Waals surface area contributed by atoms with E-state index >= 15 is 0 Å². The van der Waals surface area contributed by atoms with Gasteiger partial charge in [-0.2, -0.15) is 5.10 Å². The van der Waals surface area contributed by atoms with Crippen molar-refractivity contribution in [2.24, 2.45) is 5.10 Å². The molecular formula is C23H17BrClN3O4. The van der Waals surface area contributed by atoms with Gasteiger partial charge in [-0.05, 0) is 61.5 Å². The summed E-state index contributed by atoms with van der Waals surface area (Å²) in [4.78, 5) is 36.4. The molecule has 0 spiro atoms. The fourth-order valence-electron chi connectivity index (χ4n) is 2.49. The lowest BCUT2D eigenvalue weighted by Gasteiger charge is -2.08. The smallest absolute Gasteiger partial charge is 0.343 e. The number of benzene rings is 3. The Morgan fingerprint density at radius 3 is 2.34 bits per heavy atom. The summed E-state index contributed by atoms with van der Waals surface area (Å²) in [6.45, 7) is 1.91. The summed E-state index contributed by atoms with van der Waals surface area (Å²) >= 11 is 9.17. The van der Waals surface area contributed by atoms with E-state index in [1.165, 1.54) is 6.21 Å². The van der Waals surface area contributed by atoms with Crippen molar-refractivity contribution >= 4 is 57.2 Å². The molecule has 0 unspecified atom stereocenters. The number of carbonyl (C=O) groups excluding carboxylic acids is 3. The second-order valence-electron chi connectivity index (χ2n) is 6.60. The van der Waals surface area contributed by atoms with Crippen molar-refractivity contribution in [2.75, 3.05) is 5.32 Å². The van der Waals surface area contributed by atoms with Gasteiger partial charge in [-0.25, -0.2) is 10.2 Å². The van der Waals surface area contributed by atoms with Gasteiger partial charge in [-0.15, -0.1) is 0 Å². The van der Waals surface area contributed by atoms with Crippen LogP contribution in [0, 0.1) is 6.92 Å². The number of halogens is 2. The normalized spacial score (nSPS) is 10.6. The average molecular weight is 515 g/mol. The minimum atomic E-state index is -0.948. The number of aryl methyl sites for hydroxylation is 1. The molecule has 0 radical (unpaired) electrons. The Bertz CT molecular complexity index is 1180. The Kier molecular flexibility index (Phi) is 7.75. The number of hydrazone groups is 1. The van der Waals surface area contributed by atoms with E-state index in [0.717, 1.165) is 5.56 Å². The van der Waals surface area contributed by atoms with Crippen LogP contribution in [0.3, 0.4) is 0 Å². The highest BCUT2D eigenvalue weighted by molar-refractivity contribution is 9.10. The van der Waals surface area contributed by atoms with Crippen molar-refractivity contribution in [3.8, 4) is 5.75 Å². The van der Waals surface area contributed by atoms with Crippen molar-refractivity contribution in [2.45, 2.75) is 6.92 Å². The second kappa shape index (κ2) is 10.7. The largest absolute Gasteiger partial charge is 0.422 e. The molecule has 0 aliphatic carbocycles. The lowest BCUT2D eigenvalue weighted by molar-refractivity contribution is -0.136. The summed E-state index contributed by atoms with van der Waals surface area (Å²) in [6, 6.07) is 18.2. The molecule has 2 N–H and O–H groups in total. The highest BCUT2D eigenvalue weighted by Crippen LogP contribution is 2.23. The zero-order valence-electron chi connectivity index (χ0n) is 16.8. The van der Waals surface area contributed by atoms with Gasteiger partial charge in [0.15, 0.2) is 0 Å². The van der Waals surface area contributed by atoms with E-state index in [9.17, 15) is 14.4 Å². The summed E-state index contributed by atoms with van der Waals surface area (Å²) < 4.78 is 6.14. The molecule has 7 nitrogen and oxygen atoms in total. The van der Waals surface area contributed by atoms with E-state index in [2.05, 4.69) is 31.8 Å². The van der Waals surface area contributed by atoms with Crippen LogP contribution in [0.5, 0.6) is 5.75 Å². The van der Waals surface area contributed by atoms with Crippen LogP contribution in [0.25, 0.3) is 0 Å². The van der Waals surface area contributed by atoms with Crippen molar-refractivity contribution in [1.82, 2.24) is 5.43 Å². The fourth-order valence-corrected chi connectivity index (χ4v) is 3.00. The van der Waals surface area contributed by atoms with Gasteiger partial charge in [-0.3, -0.25) is 9.59 Å². The van der Waals surface area contributed by atoms with Crippen LogP contribution in [-0.4, -0.2) is 24.0 Å². The van der Waals surface area contributed by atoms with Gasteiger partial charge in [0.2, 0.25) is 0 Å². The molecule has 2 amide bonds. The summed E-state index contributed by atoms with van der Waals surface area (Å²) in [7, 11) is 0. The molecule has 0 aliphatic heterocycles. The van der Waals surface area contributed by atoms with Crippen LogP contribution in [0.15, 0.2) is 76.3 Å². The van der Waals surface area contributed by atoms with Crippen LogP contribution in [0.1, 0.15) is 21.5 Å². The Balaban J connectivity index is 1.65. The Morgan fingerprint density at radius 1 is 0.969 bits per heavy atom. The van der Waals surface area contributed by atoms with Crippen molar-refractivity contribution in [1.29, 1.82) is 0 Å². The molecule has 3 aromatic rings. The molecule has 0 aliphatic rings. The SMILES string of the molecule is Cc1ccc(NC(=O)C(=O)NN=Cc2cc(Br)ccc2OC(=O)c2ccc(Cl)cc2)cc1. The standard InChI is InChI=1S/C23H17BrClN3O4/c1-14-2-9-19(10-3-14)27-21(29)22(30)28-26-13-16-12-17(24)6-11-20(16)32-23(31)15-4-7-18(25)8-5-15/h2-13H,1H3,(H,27,29)(H,28,30). The molecule has 0 saturated carbocycles. The number of carbonyl (C=O) groups is 3. The maximum absolute atomic E-state index is 12.4. The number of anilines is 1. The summed E-state index contributed by atoms with van der Waals surface area (Å²) in [5.41, 5.74) is 4.39. The molecule has 32 heavy (non-hydrogen) atoms. The average Bonchev–Trinajstić information content (AvgIpc) is 2.77. The summed E-state index contributed by atoms with van der Waals surface area (Å²) in [6.07, 6.45) is 1.27. The maximum Gasteiger partial charge on any atom is 0.343 e. The van der Waals surface area contributed by atoms with Crippen LogP contribution in [0.2, 0.25) is 5.02 Å². The van der Waals surface area contributed by atoms with Gasteiger partial charge in [0.25, 0.3) is 0 Å². The molecule has 9 heteroatoms. The predicted octanol–water partition coefficient (Wildman–Crippen LogP) is 4.72. The van der Waals surface area contributed by atoms with E-state index in [4.69, 9.17) is 16.3 Å². The molecule has 0 saturated heterocycles. The van der Waals surface area contributed by atoms with Crippen LogP contribution in [-0.2, 0) is 9.59 Å². The molecule has 3 aromatic carbocycles.